The van der Waals surface area contributed by atoms with E-state index in [1.54, 1.807) is 23.6 Å². The van der Waals surface area contributed by atoms with Crippen molar-refractivity contribution in [3.8, 4) is 0 Å². The number of ketones is 1. The van der Waals surface area contributed by atoms with E-state index in [2.05, 4.69) is 45.8 Å². The quantitative estimate of drug-likeness (QED) is 0.223. The summed E-state index contributed by atoms with van der Waals surface area (Å²) in [4.78, 5) is 18.5. The summed E-state index contributed by atoms with van der Waals surface area (Å²) in [5, 5.41) is 2.08. The number of rotatable bonds is 8. The fraction of sp³-hybridized carbons (Fsp3) is 0.750. The molecule has 1 aliphatic heterocycles. The molecular formula is C24H39NO4S2Si. The first kappa shape index (κ1) is 26.1. The summed E-state index contributed by atoms with van der Waals surface area (Å²) in [6.07, 6.45) is 8.53. The molecule has 1 spiro atoms. The number of allylic oxidation sites excluding steroid dienone is 1. The number of carbonyl (C=O) groups excluding carboxylic acids is 1. The highest BCUT2D eigenvalue weighted by atomic mass is 32.2. The minimum absolute atomic E-state index is 0.0724. The Hall–Kier alpha value is -0.513. The predicted octanol–water partition coefficient (Wildman–Crippen LogP) is 6.81. The van der Waals surface area contributed by atoms with Crippen LogP contribution in [0.5, 0.6) is 0 Å². The van der Waals surface area contributed by atoms with Crippen LogP contribution >= 0.6 is 23.1 Å². The Morgan fingerprint density at radius 1 is 1.34 bits per heavy atom. The van der Waals surface area contributed by atoms with Crippen molar-refractivity contribution < 1.29 is 18.7 Å². The topological polar surface area (TPSA) is 57.7 Å². The minimum Gasteiger partial charge on any atom is -0.416 e. The highest BCUT2D eigenvalue weighted by molar-refractivity contribution is 8.04. The van der Waals surface area contributed by atoms with Crippen LogP contribution in [-0.2, 0) is 18.7 Å². The highest BCUT2D eigenvalue weighted by Crippen LogP contribution is 2.45. The molecule has 0 radical (unpaired) electrons. The maximum absolute atomic E-state index is 13.2. The zero-order valence-corrected chi connectivity index (χ0v) is 23.2. The second kappa shape index (κ2) is 10.4. The molecule has 32 heavy (non-hydrogen) atoms. The van der Waals surface area contributed by atoms with Gasteiger partial charge in [-0.3, -0.25) is 4.79 Å². The molecule has 0 aromatic carbocycles. The fourth-order valence-corrected chi connectivity index (χ4v) is 6.77. The number of aromatic nitrogens is 1. The van der Waals surface area contributed by atoms with Gasteiger partial charge in [0.05, 0.1) is 6.10 Å². The average molecular weight is 498 g/mol. The summed E-state index contributed by atoms with van der Waals surface area (Å²) >= 11 is 3.10. The number of thioether (sulfide) groups is 1. The van der Waals surface area contributed by atoms with E-state index >= 15 is 0 Å². The molecule has 180 valence electrons. The van der Waals surface area contributed by atoms with Gasteiger partial charge in [-0.25, -0.2) is 4.98 Å². The van der Waals surface area contributed by atoms with Crippen molar-refractivity contribution >= 4 is 37.2 Å². The number of carbonyl (C=O) groups is 1. The molecular weight excluding hydrogens is 458 g/mol. The number of hydrogen-bond donors (Lipinski definition) is 0. The summed E-state index contributed by atoms with van der Waals surface area (Å²) < 4.78 is 20.1. The van der Waals surface area contributed by atoms with Crippen molar-refractivity contribution in [1.82, 2.24) is 4.98 Å². The van der Waals surface area contributed by atoms with E-state index in [0.717, 1.165) is 34.9 Å². The van der Waals surface area contributed by atoms with Gasteiger partial charge in [0.1, 0.15) is 6.10 Å². The molecule has 3 rings (SSSR count). The second-order valence-electron chi connectivity index (χ2n) is 10.7. The van der Waals surface area contributed by atoms with E-state index in [9.17, 15) is 4.79 Å². The lowest BCUT2D eigenvalue weighted by Gasteiger charge is -2.36. The molecule has 1 saturated carbocycles. The summed E-state index contributed by atoms with van der Waals surface area (Å²) in [5.74, 6) is -0.634. The largest absolute Gasteiger partial charge is 0.416 e. The van der Waals surface area contributed by atoms with Gasteiger partial charge in [-0.05, 0) is 44.0 Å². The molecule has 1 saturated heterocycles. The van der Waals surface area contributed by atoms with E-state index in [1.165, 1.54) is 18.2 Å². The van der Waals surface area contributed by atoms with E-state index in [0.29, 0.717) is 6.61 Å². The van der Waals surface area contributed by atoms with Gasteiger partial charge in [0.25, 0.3) is 0 Å². The molecule has 0 unspecified atom stereocenters. The maximum atomic E-state index is 13.2. The van der Waals surface area contributed by atoms with Gasteiger partial charge < -0.3 is 13.9 Å². The van der Waals surface area contributed by atoms with Crippen LogP contribution in [0.1, 0.15) is 66.7 Å². The lowest BCUT2D eigenvalue weighted by molar-refractivity contribution is -0.190. The zero-order chi connectivity index (χ0) is 23.6. The molecule has 8 heteroatoms. The predicted molar refractivity (Wildman–Crippen MR) is 135 cm³/mol. The van der Waals surface area contributed by atoms with Crippen LogP contribution in [0.15, 0.2) is 26.9 Å². The Balaban J connectivity index is 1.75. The summed E-state index contributed by atoms with van der Waals surface area (Å²) in [5.41, 5.74) is 0. The van der Waals surface area contributed by atoms with E-state index in [4.69, 9.17) is 13.9 Å². The first-order chi connectivity index (χ1) is 14.9. The van der Waals surface area contributed by atoms with Crippen molar-refractivity contribution in [2.75, 3.05) is 6.61 Å². The third-order valence-electron chi connectivity index (χ3n) is 6.95. The number of thiazole rings is 1. The zero-order valence-electron chi connectivity index (χ0n) is 20.6. The number of hydrogen-bond acceptors (Lipinski definition) is 7. The normalized spacial score (nSPS) is 25.3. The first-order valence-electron chi connectivity index (χ1n) is 11.7. The first-order valence-corrected chi connectivity index (χ1v) is 16.4. The van der Waals surface area contributed by atoms with Crippen molar-refractivity contribution in [3.05, 3.63) is 22.6 Å². The fourth-order valence-electron chi connectivity index (χ4n) is 3.82. The lowest BCUT2D eigenvalue weighted by atomic mass is 9.94. The summed E-state index contributed by atoms with van der Waals surface area (Å²) in [7, 11) is -1.90. The molecule has 1 aromatic heterocycles. The molecule has 1 aliphatic carbocycles. The molecule has 5 nitrogen and oxygen atoms in total. The molecule has 2 fully saturated rings. The van der Waals surface area contributed by atoms with Gasteiger partial charge in [0, 0.05) is 41.8 Å². The monoisotopic (exact) mass is 497 g/mol. The summed E-state index contributed by atoms with van der Waals surface area (Å²) in [6, 6.07) is 0. The number of nitrogens with zero attached hydrogens (tertiary/aromatic N) is 1. The number of ether oxygens (including phenoxy) is 2. The Labute approximate surface area is 202 Å². The Bertz CT molecular complexity index is 797. The Morgan fingerprint density at radius 2 is 2.03 bits per heavy atom. The molecule has 2 heterocycles. The average Bonchev–Trinajstić information content (AvgIpc) is 3.33. The molecule has 0 amide bonds. The summed E-state index contributed by atoms with van der Waals surface area (Å²) in [6.45, 7) is 15.5. The molecule has 1 aromatic rings. The molecule has 0 bridgehead atoms. The highest BCUT2D eigenvalue weighted by Gasteiger charge is 2.48. The van der Waals surface area contributed by atoms with Crippen molar-refractivity contribution in [3.63, 3.8) is 0 Å². The van der Waals surface area contributed by atoms with Crippen molar-refractivity contribution in [1.29, 1.82) is 0 Å². The standard InChI is InChI=1S/C24H39NO4S2Si/c1-17(16-27-32(6,7)23(3,4)5)19(26)15-20(31-22-25-13-14-30-22)21-18(2)28-24(29-21)11-9-8-10-12-24/h13-15,17-18,21H,8-12,16H2,1-7H3/b20-15-/t17-,18-,21-/m0/s1. The third kappa shape index (κ3) is 6.33. The van der Waals surface area contributed by atoms with Crippen LogP contribution in [0.2, 0.25) is 18.1 Å². The Kier molecular flexibility index (Phi) is 8.48. The minimum atomic E-state index is -1.90. The van der Waals surface area contributed by atoms with Crippen LogP contribution in [0.25, 0.3) is 0 Å². The van der Waals surface area contributed by atoms with Crippen LogP contribution < -0.4 is 0 Å². The van der Waals surface area contributed by atoms with Crippen molar-refractivity contribution in [2.45, 2.75) is 107 Å². The maximum Gasteiger partial charge on any atom is 0.192 e. The van der Waals surface area contributed by atoms with Gasteiger partial charge in [-0.15, -0.1) is 11.3 Å². The van der Waals surface area contributed by atoms with Gasteiger partial charge >= 0.3 is 0 Å². The van der Waals surface area contributed by atoms with Gasteiger partial charge in [-0.1, -0.05) is 45.9 Å². The van der Waals surface area contributed by atoms with Gasteiger partial charge in [0.2, 0.25) is 0 Å². The van der Waals surface area contributed by atoms with E-state index in [1.807, 2.05) is 12.3 Å². The second-order valence-corrected chi connectivity index (χ2v) is 17.7. The van der Waals surface area contributed by atoms with Crippen molar-refractivity contribution in [2.24, 2.45) is 5.92 Å². The van der Waals surface area contributed by atoms with Gasteiger partial charge in [0.15, 0.2) is 24.2 Å². The van der Waals surface area contributed by atoms with Crippen LogP contribution in [0.4, 0.5) is 0 Å². The third-order valence-corrected chi connectivity index (χ3v) is 13.4. The molecule has 2 aliphatic rings. The lowest BCUT2D eigenvalue weighted by Crippen LogP contribution is -2.42. The SMILES string of the molecule is C[C@@H]1OC2(CCCCC2)O[C@@H]1/C(=C/C(=O)[C@@H](C)CO[Si](C)(C)C(C)(C)C)Sc1nccs1. The van der Waals surface area contributed by atoms with E-state index in [-0.39, 0.29) is 28.9 Å². The van der Waals surface area contributed by atoms with Crippen LogP contribution in [-0.4, -0.2) is 43.7 Å². The van der Waals surface area contributed by atoms with Crippen LogP contribution in [0.3, 0.4) is 0 Å². The Morgan fingerprint density at radius 3 is 2.62 bits per heavy atom. The molecule has 3 atom stereocenters. The van der Waals surface area contributed by atoms with E-state index < -0.39 is 14.1 Å². The van der Waals surface area contributed by atoms with Gasteiger partial charge in [-0.2, -0.15) is 0 Å². The smallest absolute Gasteiger partial charge is 0.192 e. The van der Waals surface area contributed by atoms with Crippen LogP contribution in [0, 0.1) is 5.92 Å². The molecule has 0 N–H and O–H groups in total.